The number of rotatable bonds is 1. The maximum Gasteiger partial charge on any atom is 0.270 e. The number of benzene rings is 1. The Morgan fingerprint density at radius 2 is 2.00 bits per heavy atom. The van der Waals surface area contributed by atoms with Crippen LogP contribution < -0.4 is 4.57 Å². The van der Waals surface area contributed by atoms with Crippen molar-refractivity contribution in [1.29, 1.82) is 0 Å². The standard InChI is InChI=1S/C21H16N5/c1-24-18-12-22-11-9-16(18)19-21(24)25-13-17-15(8-5-10-23-17)20(25)26(19)14-6-3-2-4-7-14/h2-12H,13H2,1H3/q+1/i1D3. The van der Waals surface area contributed by atoms with E-state index >= 15 is 0 Å². The van der Waals surface area contributed by atoms with Gasteiger partial charge in [0.15, 0.2) is 5.52 Å². The number of para-hydroxylation sites is 1. The average molecular weight is 341 g/mol. The third kappa shape index (κ3) is 1.57. The third-order valence-electron chi connectivity index (χ3n) is 5.12. The van der Waals surface area contributed by atoms with Crippen molar-refractivity contribution in [1.82, 2.24) is 19.1 Å². The summed E-state index contributed by atoms with van der Waals surface area (Å²) in [4.78, 5) is 8.73. The molecule has 124 valence electrons. The van der Waals surface area contributed by atoms with E-state index < -0.39 is 6.98 Å². The van der Waals surface area contributed by atoms with Crippen LogP contribution in [0.4, 0.5) is 0 Å². The van der Waals surface area contributed by atoms with Gasteiger partial charge in [-0.25, -0.2) is 9.13 Å². The Hall–Kier alpha value is -3.47. The van der Waals surface area contributed by atoms with Crippen LogP contribution in [0.25, 0.3) is 39.1 Å². The van der Waals surface area contributed by atoms with Crippen LogP contribution in [-0.2, 0) is 13.5 Å². The molecule has 26 heavy (non-hydrogen) atoms. The van der Waals surface area contributed by atoms with Crippen molar-refractivity contribution in [2.45, 2.75) is 6.54 Å². The zero-order valence-corrected chi connectivity index (χ0v) is 13.8. The Balaban J connectivity index is 1.89. The second kappa shape index (κ2) is 4.79. The normalized spacial score (nSPS) is 14.8. The van der Waals surface area contributed by atoms with E-state index in [1.807, 2.05) is 48.5 Å². The molecule has 0 N–H and O–H groups in total. The lowest BCUT2D eigenvalue weighted by Crippen LogP contribution is -2.33. The van der Waals surface area contributed by atoms with E-state index in [-0.39, 0.29) is 0 Å². The van der Waals surface area contributed by atoms with Gasteiger partial charge in [-0.15, -0.1) is 0 Å². The third-order valence-corrected chi connectivity index (χ3v) is 5.12. The van der Waals surface area contributed by atoms with Gasteiger partial charge in [0.1, 0.15) is 17.7 Å². The van der Waals surface area contributed by atoms with Gasteiger partial charge in [-0.05, 0) is 30.3 Å². The quantitative estimate of drug-likeness (QED) is 0.431. The molecule has 5 nitrogen and oxygen atoms in total. The summed E-state index contributed by atoms with van der Waals surface area (Å²) in [5, 5.41) is 0.863. The summed E-state index contributed by atoms with van der Waals surface area (Å²) in [6, 6.07) is 15.9. The Morgan fingerprint density at radius 3 is 2.88 bits per heavy atom. The summed E-state index contributed by atoms with van der Waals surface area (Å²) < 4.78 is 30.3. The molecule has 4 aromatic heterocycles. The summed E-state index contributed by atoms with van der Waals surface area (Å²) in [5.41, 5.74) is 5.06. The van der Waals surface area contributed by atoms with E-state index in [1.54, 1.807) is 18.6 Å². The fraction of sp³-hybridized carbons (Fsp3) is 0.0952. The first-order valence-corrected chi connectivity index (χ1v) is 8.48. The molecule has 0 bridgehead atoms. The van der Waals surface area contributed by atoms with Crippen molar-refractivity contribution in [2.75, 3.05) is 0 Å². The molecule has 1 aliphatic rings. The van der Waals surface area contributed by atoms with Gasteiger partial charge in [0.25, 0.3) is 5.65 Å². The molecule has 1 aromatic carbocycles. The number of imidazole rings is 1. The summed E-state index contributed by atoms with van der Waals surface area (Å²) in [6.07, 6.45) is 5.11. The summed E-state index contributed by atoms with van der Waals surface area (Å²) in [5.74, 6) is 0.945. The first kappa shape index (κ1) is 11.2. The Kier molecular flexibility index (Phi) is 2.06. The zero-order chi connectivity index (χ0) is 19.8. The molecular formula is C21H16N5+. The fourth-order valence-corrected chi connectivity index (χ4v) is 4.06. The Labute approximate surface area is 154 Å². The van der Waals surface area contributed by atoms with E-state index in [4.69, 9.17) is 4.11 Å². The summed E-state index contributed by atoms with van der Waals surface area (Å²) in [6.45, 7) is -1.81. The minimum Gasteiger partial charge on any atom is -0.261 e. The van der Waals surface area contributed by atoms with E-state index in [0.29, 0.717) is 17.7 Å². The van der Waals surface area contributed by atoms with Crippen molar-refractivity contribution in [3.05, 3.63) is 72.8 Å². The first-order chi connectivity index (χ1) is 14.1. The molecule has 0 saturated heterocycles. The highest BCUT2D eigenvalue weighted by Gasteiger charge is 2.37. The van der Waals surface area contributed by atoms with Crippen molar-refractivity contribution in [3.8, 4) is 17.1 Å². The molecule has 6 rings (SSSR count). The maximum atomic E-state index is 8.22. The van der Waals surface area contributed by atoms with E-state index in [0.717, 1.165) is 33.7 Å². The molecule has 5 aromatic rings. The van der Waals surface area contributed by atoms with Gasteiger partial charge in [0.2, 0.25) is 5.82 Å². The fourth-order valence-electron chi connectivity index (χ4n) is 4.06. The molecule has 1 aliphatic heterocycles. The molecule has 0 aliphatic carbocycles. The topological polar surface area (TPSA) is 39.5 Å². The number of pyridine rings is 2. The molecule has 0 saturated carbocycles. The lowest BCUT2D eigenvalue weighted by molar-refractivity contribution is -0.648. The molecule has 0 unspecified atom stereocenters. The van der Waals surface area contributed by atoms with Gasteiger partial charge in [0.05, 0.1) is 33.9 Å². The van der Waals surface area contributed by atoms with Gasteiger partial charge < -0.3 is 0 Å². The molecule has 0 atom stereocenters. The zero-order valence-electron chi connectivity index (χ0n) is 16.8. The first-order valence-electron chi connectivity index (χ1n) is 9.98. The van der Waals surface area contributed by atoms with Crippen LogP contribution in [-0.4, -0.2) is 19.1 Å². The van der Waals surface area contributed by atoms with E-state index in [2.05, 4.69) is 19.1 Å². The molecule has 0 radical (unpaired) electrons. The predicted molar refractivity (Wildman–Crippen MR) is 100 cm³/mol. The van der Waals surface area contributed by atoms with Gasteiger partial charge in [0, 0.05) is 12.4 Å². The van der Waals surface area contributed by atoms with Crippen molar-refractivity contribution < 1.29 is 8.68 Å². The minimum absolute atomic E-state index is 0.529. The largest absolute Gasteiger partial charge is 0.270 e. The van der Waals surface area contributed by atoms with Gasteiger partial charge in [-0.2, -0.15) is 0 Å². The molecule has 0 spiro atoms. The van der Waals surface area contributed by atoms with Crippen molar-refractivity contribution >= 4 is 22.1 Å². The smallest absolute Gasteiger partial charge is 0.261 e. The highest BCUT2D eigenvalue weighted by atomic mass is 15.3. The van der Waals surface area contributed by atoms with Crippen LogP contribution in [0.15, 0.2) is 67.1 Å². The second-order valence-electron chi connectivity index (χ2n) is 6.48. The van der Waals surface area contributed by atoms with Crippen LogP contribution in [0, 0.1) is 0 Å². The van der Waals surface area contributed by atoms with Crippen LogP contribution in [0.1, 0.15) is 9.81 Å². The average Bonchev–Trinajstić information content (AvgIpc) is 3.34. The number of aryl methyl sites for hydroxylation is 1. The van der Waals surface area contributed by atoms with Crippen LogP contribution >= 0.6 is 0 Å². The number of aromatic nitrogens is 5. The van der Waals surface area contributed by atoms with Gasteiger partial charge >= 0.3 is 0 Å². The van der Waals surface area contributed by atoms with Gasteiger partial charge in [-0.1, -0.05) is 18.2 Å². The lowest BCUT2D eigenvalue weighted by Gasteiger charge is -2.04. The van der Waals surface area contributed by atoms with Crippen LogP contribution in [0.5, 0.6) is 0 Å². The van der Waals surface area contributed by atoms with Crippen LogP contribution in [0.2, 0.25) is 0 Å². The number of fused-ring (bicyclic) bond motifs is 7. The summed E-state index contributed by atoms with van der Waals surface area (Å²) >= 11 is 0. The Bertz CT molecular complexity index is 1410. The number of hydrogen-bond donors (Lipinski definition) is 0. The maximum absolute atomic E-state index is 8.22. The lowest BCUT2D eigenvalue weighted by atomic mass is 10.2. The molecule has 0 amide bonds. The van der Waals surface area contributed by atoms with E-state index in [1.165, 1.54) is 4.57 Å². The minimum atomic E-state index is -2.34. The van der Waals surface area contributed by atoms with E-state index in [9.17, 15) is 0 Å². The highest BCUT2D eigenvalue weighted by Crippen LogP contribution is 2.36. The second-order valence-corrected chi connectivity index (χ2v) is 6.48. The highest BCUT2D eigenvalue weighted by molar-refractivity contribution is 6.05. The van der Waals surface area contributed by atoms with Crippen molar-refractivity contribution in [2.24, 2.45) is 6.98 Å². The molecule has 0 fully saturated rings. The molecule has 5 heteroatoms. The molecule has 5 heterocycles. The monoisotopic (exact) mass is 341 g/mol. The SMILES string of the molecule is [2H]C([2H])([2H])n1c2cnccc2c2c1[n+]1c(n2-c2ccccc2)-c2cccnc2C1. The number of nitrogens with zero attached hydrogens (tertiary/aromatic N) is 5. The Morgan fingerprint density at radius 1 is 1.08 bits per heavy atom. The van der Waals surface area contributed by atoms with Crippen molar-refractivity contribution in [3.63, 3.8) is 0 Å². The molecular weight excluding hydrogens is 322 g/mol. The predicted octanol–water partition coefficient (Wildman–Crippen LogP) is 3.23. The summed E-state index contributed by atoms with van der Waals surface area (Å²) in [7, 11) is 0. The van der Waals surface area contributed by atoms with Gasteiger partial charge in [-0.3, -0.25) is 14.5 Å². The number of hydrogen-bond acceptors (Lipinski definition) is 2. The van der Waals surface area contributed by atoms with Crippen LogP contribution in [0.3, 0.4) is 0 Å².